The third-order valence-electron chi connectivity index (χ3n) is 2.61. The van der Waals surface area contributed by atoms with Crippen molar-refractivity contribution in [2.24, 2.45) is 4.99 Å². The molecule has 0 aromatic heterocycles. The summed E-state index contributed by atoms with van der Waals surface area (Å²) in [6.07, 6.45) is 1.61. The first-order valence-corrected chi connectivity index (χ1v) is 5.85. The summed E-state index contributed by atoms with van der Waals surface area (Å²) in [4.78, 5) is 24.8. The van der Waals surface area contributed by atoms with Crippen molar-refractivity contribution < 1.29 is 28.8 Å². The fraction of sp³-hybridized carbons (Fsp3) is 0.231. The highest BCUT2D eigenvalue weighted by molar-refractivity contribution is 6.06. The first-order valence-electron chi connectivity index (χ1n) is 5.85. The molecule has 0 amide bonds. The maximum atomic E-state index is 11.5. The highest BCUT2D eigenvalue weighted by Crippen LogP contribution is 2.30. The van der Waals surface area contributed by atoms with Crippen molar-refractivity contribution in [2.45, 2.75) is 6.92 Å². The number of hydrogen-bond donors (Lipinski definition) is 0. The Balaban J connectivity index is 1.90. The molecule has 2 heterocycles. The molecule has 0 fully saturated rings. The van der Waals surface area contributed by atoms with Crippen molar-refractivity contribution in [2.75, 3.05) is 13.6 Å². The van der Waals surface area contributed by atoms with Gasteiger partial charge in [-0.2, -0.15) is 9.78 Å². The molecule has 7 nitrogen and oxygen atoms in total. The number of carbonyl (C=O) groups is 1. The number of benzene rings is 1. The van der Waals surface area contributed by atoms with Crippen LogP contribution >= 0.6 is 0 Å². The van der Waals surface area contributed by atoms with Crippen LogP contribution in [0.5, 0.6) is 11.5 Å². The van der Waals surface area contributed by atoms with Gasteiger partial charge in [0.1, 0.15) is 0 Å². The lowest BCUT2D eigenvalue weighted by atomic mass is 10.1. The number of fused-ring (bicyclic) bond motifs is 1. The van der Waals surface area contributed by atoms with E-state index in [-0.39, 0.29) is 19.3 Å². The van der Waals surface area contributed by atoms with Crippen LogP contribution in [0.2, 0.25) is 0 Å². The Labute approximate surface area is 114 Å². The normalized spacial score (nSPS) is 20.1. The smallest absolute Gasteiger partial charge is 0.363 e. The van der Waals surface area contributed by atoms with E-state index in [9.17, 15) is 4.79 Å². The standard InChI is InChI=1S/C13H11NO6/c1-8-14-10(13(15)20-8)4-9-2-3-11-12(5-9)17-7-19-18-6-16-11/h2-5H,6-7H2,1H3/b10-4+. The Hall–Kier alpha value is -2.38. The predicted octanol–water partition coefficient (Wildman–Crippen LogP) is 1.64. The van der Waals surface area contributed by atoms with Crippen LogP contribution in [0.1, 0.15) is 12.5 Å². The lowest BCUT2D eigenvalue weighted by Gasteiger charge is -2.16. The highest BCUT2D eigenvalue weighted by atomic mass is 17.2. The number of carbonyl (C=O) groups excluding carboxylic acids is 1. The number of esters is 1. The number of ether oxygens (including phenoxy) is 3. The lowest BCUT2D eigenvalue weighted by molar-refractivity contribution is -0.352. The Morgan fingerprint density at radius 2 is 1.90 bits per heavy atom. The van der Waals surface area contributed by atoms with Gasteiger partial charge in [-0.3, -0.25) is 0 Å². The molecule has 0 saturated carbocycles. The zero-order valence-electron chi connectivity index (χ0n) is 10.6. The van der Waals surface area contributed by atoms with E-state index >= 15 is 0 Å². The van der Waals surface area contributed by atoms with Crippen LogP contribution in [-0.4, -0.2) is 25.5 Å². The predicted molar refractivity (Wildman–Crippen MR) is 66.8 cm³/mol. The van der Waals surface area contributed by atoms with Crippen molar-refractivity contribution in [3.63, 3.8) is 0 Å². The van der Waals surface area contributed by atoms with Gasteiger partial charge >= 0.3 is 5.97 Å². The van der Waals surface area contributed by atoms with E-state index in [1.54, 1.807) is 31.2 Å². The summed E-state index contributed by atoms with van der Waals surface area (Å²) in [6, 6.07) is 5.20. The number of cyclic esters (lactones) is 1. The van der Waals surface area contributed by atoms with Gasteiger partial charge in [-0.05, 0) is 23.8 Å². The molecule has 104 valence electrons. The molecule has 2 aliphatic heterocycles. The molecule has 7 heteroatoms. The number of aliphatic imine (C=N–C) groups is 1. The molecule has 0 N–H and O–H groups in total. The van der Waals surface area contributed by atoms with E-state index in [1.807, 2.05) is 0 Å². The number of rotatable bonds is 1. The zero-order valence-corrected chi connectivity index (χ0v) is 10.6. The molecule has 1 aromatic carbocycles. The average Bonchev–Trinajstić information content (AvgIpc) is 2.69. The Morgan fingerprint density at radius 3 is 2.60 bits per heavy atom. The van der Waals surface area contributed by atoms with Crippen molar-refractivity contribution in [3.8, 4) is 11.5 Å². The van der Waals surface area contributed by atoms with Crippen molar-refractivity contribution in [1.82, 2.24) is 0 Å². The van der Waals surface area contributed by atoms with E-state index in [0.717, 1.165) is 5.56 Å². The quantitative estimate of drug-likeness (QED) is 0.441. The molecule has 0 bridgehead atoms. The molecular weight excluding hydrogens is 266 g/mol. The molecule has 0 spiro atoms. The molecule has 1 aromatic rings. The number of nitrogens with zero attached hydrogens (tertiary/aromatic N) is 1. The van der Waals surface area contributed by atoms with Gasteiger partial charge in [-0.1, -0.05) is 6.07 Å². The number of hydrogen-bond acceptors (Lipinski definition) is 7. The van der Waals surface area contributed by atoms with Crippen LogP contribution < -0.4 is 9.47 Å². The molecule has 20 heavy (non-hydrogen) atoms. The van der Waals surface area contributed by atoms with E-state index in [4.69, 9.17) is 14.2 Å². The maximum absolute atomic E-state index is 11.5. The Kier molecular flexibility index (Phi) is 3.36. The van der Waals surface area contributed by atoms with Gasteiger partial charge in [0, 0.05) is 6.92 Å². The summed E-state index contributed by atoms with van der Waals surface area (Å²) < 4.78 is 15.5. The molecule has 0 aliphatic carbocycles. The first-order chi connectivity index (χ1) is 9.72. The lowest BCUT2D eigenvalue weighted by Crippen LogP contribution is -2.13. The minimum Gasteiger partial charge on any atom is -0.461 e. The molecule has 0 saturated heterocycles. The minimum absolute atomic E-state index is 0.0212. The maximum Gasteiger partial charge on any atom is 0.363 e. The second-order valence-electron chi connectivity index (χ2n) is 4.02. The highest BCUT2D eigenvalue weighted by Gasteiger charge is 2.20. The minimum atomic E-state index is -0.469. The third-order valence-corrected chi connectivity index (χ3v) is 2.61. The van der Waals surface area contributed by atoms with E-state index in [2.05, 4.69) is 14.8 Å². The van der Waals surface area contributed by atoms with E-state index in [0.29, 0.717) is 17.4 Å². The topological polar surface area (TPSA) is 75.6 Å². The van der Waals surface area contributed by atoms with E-state index < -0.39 is 5.97 Å². The third kappa shape index (κ3) is 2.63. The van der Waals surface area contributed by atoms with Gasteiger partial charge < -0.3 is 14.2 Å². The van der Waals surface area contributed by atoms with Gasteiger partial charge in [-0.25, -0.2) is 9.79 Å². The molecule has 0 unspecified atom stereocenters. The van der Waals surface area contributed by atoms with Crippen LogP contribution in [0.4, 0.5) is 0 Å². The second-order valence-corrected chi connectivity index (χ2v) is 4.02. The fourth-order valence-corrected chi connectivity index (χ4v) is 1.76. The van der Waals surface area contributed by atoms with Crippen molar-refractivity contribution in [3.05, 3.63) is 29.5 Å². The van der Waals surface area contributed by atoms with Gasteiger partial charge in [0.15, 0.2) is 23.1 Å². The molecule has 0 radical (unpaired) electrons. The van der Waals surface area contributed by atoms with Crippen LogP contribution in [0.15, 0.2) is 28.9 Å². The summed E-state index contributed by atoms with van der Waals surface area (Å²) in [7, 11) is 0. The summed E-state index contributed by atoms with van der Waals surface area (Å²) >= 11 is 0. The zero-order chi connectivity index (χ0) is 13.9. The molecule has 2 aliphatic rings. The van der Waals surface area contributed by atoms with Crippen LogP contribution in [0.25, 0.3) is 6.08 Å². The molecule has 0 atom stereocenters. The van der Waals surface area contributed by atoms with Gasteiger partial charge in [0.05, 0.1) is 0 Å². The van der Waals surface area contributed by atoms with Crippen LogP contribution in [0, 0.1) is 0 Å². The van der Waals surface area contributed by atoms with Gasteiger partial charge in [-0.15, -0.1) is 0 Å². The first kappa shape index (κ1) is 12.6. The fourth-order valence-electron chi connectivity index (χ4n) is 1.76. The van der Waals surface area contributed by atoms with Crippen LogP contribution in [0.3, 0.4) is 0 Å². The summed E-state index contributed by atoms with van der Waals surface area (Å²) in [5.41, 5.74) is 0.980. The molecular formula is C13H11NO6. The monoisotopic (exact) mass is 277 g/mol. The Bertz CT molecular complexity index is 607. The average molecular weight is 277 g/mol. The Morgan fingerprint density at radius 1 is 1.15 bits per heavy atom. The second kappa shape index (κ2) is 5.32. The van der Waals surface area contributed by atoms with Crippen LogP contribution in [-0.2, 0) is 19.3 Å². The SMILES string of the molecule is CC1=N/C(=C/c2ccc3c(c2)OCOOCO3)C(=O)O1. The molecule has 3 rings (SSSR count). The summed E-state index contributed by atoms with van der Waals surface area (Å²) in [5.74, 6) is 0.889. The van der Waals surface area contributed by atoms with Gasteiger partial charge in [0.2, 0.25) is 13.6 Å². The summed E-state index contributed by atoms with van der Waals surface area (Å²) in [6.45, 7) is 1.55. The summed E-state index contributed by atoms with van der Waals surface area (Å²) in [5, 5.41) is 0. The largest absolute Gasteiger partial charge is 0.461 e. The van der Waals surface area contributed by atoms with Crippen molar-refractivity contribution in [1.29, 1.82) is 0 Å². The van der Waals surface area contributed by atoms with Crippen molar-refractivity contribution >= 4 is 17.9 Å². The van der Waals surface area contributed by atoms with E-state index in [1.165, 1.54) is 0 Å². The van der Waals surface area contributed by atoms with Gasteiger partial charge in [0.25, 0.3) is 0 Å².